The molecule has 0 fully saturated rings. The van der Waals surface area contributed by atoms with Crippen LogP contribution >= 0.6 is 0 Å². The number of halogens is 1. The summed E-state index contributed by atoms with van der Waals surface area (Å²) in [7, 11) is 0. The highest BCUT2D eigenvalue weighted by molar-refractivity contribution is 6.00. The molecule has 0 saturated heterocycles. The molecule has 5 heteroatoms. The van der Waals surface area contributed by atoms with E-state index >= 15 is 0 Å². The maximum absolute atomic E-state index is 13.2. The summed E-state index contributed by atoms with van der Waals surface area (Å²) in [4.78, 5) is 11.1. The van der Waals surface area contributed by atoms with Crippen molar-refractivity contribution < 1.29 is 14.3 Å². The summed E-state index contributed by atoms with van der Waals surface area (Å²) in [5.74, 6) is -1.63. The van der Waals surface area contributed by atoms with Gasteiger partial charge in [0.2, 0.25) is 0 Å². The highest BCUT2D eigenvalue weighted by Gasteiger charge is 2.19. The van der Waals surface area contributed by atoms with Gasteiger partial charge < -0.3 is 16.2 Å². The number of rotatable bonds is 4. The van der Waals surface area contributed by atoms with Crippen LogP contribution in [0, 0.1) is 11.7 Å². The van der Waals surface area contributed by atoms with Crippen LogP contribution in [0.4, 0.5) is 15.8 Å². The van der Waals surface area contributed by atoms with Crippen molar-refractivity contribution in [2.24, 2.45) is 5.92 Å². The average molecular weight is 240 g/mol. The first-order chi connectivity index (χ1) is 7.84. The Bertz CT molecular complexity index is 433. The molecule has 0 heterocycles. The first-order valence-electron chi connectivity index (χ1n) is 5.42. The topological polar surface area (TPSA) is 75.3 Å². The minimum atomic E-state index is -1.24. The van der Waals surface area contributed by atoms with Crippen LogP contribution in [0.3, 0.4) is 0 Å². The van der Waals surface area contributed by atoms with Gasteiger partial charge in [-0.15, -0.1) is 0 Å². The van der Waals surface area contributed by atoms with Crippen LogP contribution in [0.5, 0.6) is 0 Å². The van der Waals surface area contributed by atoms with E-state index in [1.807, 2.05) is 20.8 Å². The Kier molecular flexibility index (Phi) is 3.93. The standard InChI is InChI=1S/C12H17FN2O2/c1-6(2)7(3)15-9-5-4-8(13)11(14)10(9)12(16)17/h4-7,15H,14H2,1-3H3,(H,16,17). The van der Waals surface area contributed by atoms with Crippen molar-refractivity contribution in [3.63, 3.8) is 0 Å². The van der Waals surface area contributed by atoms with E-state index in [1.54, 1.807) is 0 Å². The summed E-state index contributed by atoms with van der Waals surface area (Å²) in [6.45, 7) is 5.94. The van der Waals surface area contributed by atoms with Gasteiger partial charge in [-0.1, -0.05) is 13.8 Å². The zero-order valence-electron chi connectivity index (χ0n) is 10.1. The number of benzene rings is 1. The van der Waals surface area contributed by atoms with E-state index in [1.165, 1.54) is 6.07 Å². The third-order valence-electron chi connectivity index (χ3n) is 2.79. The molecule has 4 nitrogen and oxygen atoms in total. The predicted molar refractivity (Wildman–Crippen MR) is 65.7 cm³/mol. The van der Waals surface area contributed by atoms with Gasteiger partial charge in [0.15, 0.2) is 0 Å². The van der Waals surface area contributed by atoms with E-state index in [-0.39, 0.29) is 17.3 Å². The molecule has 1 aromatic rings. The van der Waals surface area contributed by atoms with E-state index in [0.717, 1.165) is 6.07 Å². The Morgan fingerprint density at radius 2 is 2.00 bits per heavy atom. The summed E-state index contributed by atoms with van der Waals surface area (Å²) < 4.78 is 13.2. The Hall–Kier alpha value is -1.78. The second kappa shape index (κ2) is 5.03. The van der Waals surface area contributed by atoms with Crippen molar-refractivity contribution in [3.8, 4) is 0 Å². The molecule has 1 unspecified atom stereocenters. The van der Waals surface area contributed by atoms with Crippen LogP contribution in [0.15, 0.2) is 12.1 Å². The fourth-order valence-electron chi connectivity index (χ4n) is 1.36. The molecule has 1 aromatic carbocycles. The van der Waals surface area contributed by atoms with Crippen molar-refractivity contribution in [2.45, 2.75) is 26.8 Å². The van der Waals surface area contributed by atoms with E-state index in [9.17, 15) is 9.18 Å². The number of hydrogen-bond acceptors (Lipinski definition) is 3. The second-order valence-electron chi connectivity index (χ2n) is 4.37. The minimum Gasteiger partial charge on any atom is -0.478 e. The fraction of sp³-hybridized carbons (Fsp3) is 0.417. The molecule has 0 spiro atoms. The zero-order chi connectivity index (χ0) is 13.2. The van der Waals surface area contributed by atoms with Gasteiger partial charge in [0.05, 0.1) is 11.4 Å². The number of nitrogens with one attached hydrogen (secondary N) is 1. The highest BCUT2D eigenvalue weighted by Crippen LogP contribution is 2.26. The molecule has 0 bridgehead atoms. The number of carboxylic acids is 1. The molecule has 0 aliphatic carbocycles. The number of carboxylic acid groups (broad SMARTS) is 1. The van der Waals surface area contributed by atoms with Crippen LogP contribution in [0.1, 0.15) is 31.1 Å². The third kappa shape index (κ3) is 2.87. The summed E-state index contributed by atoms with van der Waals surface area (Å²) in [5, 5.41) is 12.1. The predicted octanol–water partition coefficient (Wildman–Crippen LogP) is 2.56. The van der Waals surface area contributed by atoms with Gasteiger partial charge in [-0.3, -0.25) is 0 Å². The van der Waals surface area contributed by atoms with Crippen LogP contribution in [0.2, 0.25) is 0 Å². The van der Waals surface area contributed by atoms with Crippen LogP contribution in [0.25, 0.3) is 0 Å². The number of hydrogen-bond donors (Lipinski definition) is 3. The number of anilines is 2. The van der Waals surface area contributed by atoms with Crippen LogP contribution < -0.4 is 11.1 Å². The van der Waals surface area contributed by atoms with E-state index in [4.69, 9.17) is 10.8 Å². The van der Waals surface area contributed by atoms with Gasteiger partial charge >= 0.3 is 5.97 Å². The molecule has 17 heavy (non-hydrogen) atoms. The summed E-state index contributed by atoms with van der Waals surface area (Å²) in [5.41, 5.74) is 5.24. The molecule has 0 aliphatic rings. The minimum absolute atomic E-state index is 0.0676. The zero-order valence-corrected chi connectivity index (χ0v) is 10.1. The maximum atomic E-state index is 13.2. The fourth-order valence-corrected chi connectivity index (χ4v) is 1.36. The summed E-state index contributed by atoms with van der Waals surface area (Å²) >= 11 is 0. The van der Waals surface area contributed by atoms with Gasteiger partial charge in [0, 0.05) is 6.04 Å². The van der Waals surface area contributed by atoms with Crippen molar-refractivity contribution in [3.05, 3.63) is 23.5 Å². The molecule has 0 aliphatic heterocycles. The average Bonchev–Trinajstić information content (AvgIpc) is 2.22. The molecule has 0 radical (unpaired) electrons. The molecule has 0 aromatic heterocycles. The van der Waals surface area contributed by atoms with Crippen LogP contribution in [-0.4, -0.2) is 17.1 Å². The van der Waals surface area contributed by atoms with Gasteiger partial charge in [0.1, 0.15) is 11.4 Å². The lowest BCUT2D eigenvalue weighted by Gasteiger charge is -2.20. The van der Waals surface area contributed by atoms with Crippen LogP contribution in [-0.2, 0) is 0 Å². The first kappa shape index (κ1) is 13.3. The van der Waals surface area contributed by atoms with E-state index in [2.05, 4.69) is 5.32 Å². The largest absolute Gasteiger partial charge is 0.478 e. The third-order valence-corrected chi connectivity index (χ3v) is 2.79. The lowest BCUT2D eigenvalue weighted by molar-refractivity contribution is 0.0698. The smallest absolute Gasteiger partial charge is 0.340 e. The second-order valence-corrected chi connectivity index (χ2v) is 4.37. The van der Waals surface area contributed by atoms with Gasteiger partial charge in [-0.25, -0.2) is 9.18 Å². The van der Waals surface area contributed by atoms with E-state index in [0.29, 0.717) is 11.6 Å². The number of carbonyl (C=O) groups is 1. The Morgan fingerprint density at radius 1 is 1.41 bits per heavy atom. The molecule has 94 valence electrons. The molecule has 1 atom stereocenters. The number of nitrogen functional groups attached to an aromatic ring is 1. The quantitative estimate of drug-likeness (QED) is 0.707. The van der Waals surface area contributed by atoms with Crippen molar-refractivity contribution >= 4 is 17.3 Å². The summed E-state index contributed by atoms with van der Waals surface area (Å²) in [6, 6.07) is 2.63. The molecule has 0 saturated carbocycles. The van der Waals surface area contributed by atoms with Crippen molar-refractivity contribution in [1.29, 1.82) is 0 Å². The number of aromatic carboxylic acids is 1. The van der Waals surface area contributed by atoms with Gasteiger partial charge in [-0.05, 0) is 25.0 Å². The molecule has 4 N–H and O–H groups in total. The summed E-state index contributed by atoms with van der Waals surface area (Å²) in [6.07, 6.45) is 0. The first-order valence-corrected chi connectivity index (χ1v) is 5.42. The molecule has 0 amide bonds. The lowest BCUT2D eigenvalue weighted by atomic mass is 10.0. The molecule has 1 rings (SSSR count). The van der Waals surface area contributed by atoms with Gasteiger partial charge in [0.25, 0.3) is 0 Å². The Labute approximate surface area is 99.6 Å². The van der Waals surface area contributed by atoms with Crippen molar-refractivity contribution in [2.75, 3.05) is 11.1 Å². The van der Waals surface area contributed by atoms with E-state index < -0.39 is 11.8 Å². The number of nitrogens with two attached hydrogens (primary N) is 1. The highest BCUT2D eigenvalue weighted by atomic mass is 19.1. The monoisotopic (exact) mass is 240 g/mol. The lowest BCUT2D eigenvalue weighted by Crippen LogP contribution is -2.23. The normalized spacial score (nSPS) is 12.5. The molecular weight excluding hydrogens is 223 g/mol. The Balaban J connectivity index is 3.16. The Morgan fingerprint density at radius 3 is 2.47 bits per heavy atom. The SMILES string of the molecule is CC(C)C(C)Nc1ccc(F)c(N)c1C(=O)O. The molecular formula is C12H17FN2O2. The van der Waals surface area contributed by atoms with Crippen molar-refractivity contribution in [1.82, 2.24) is 0 Å². The van der Waals surface area contributed by atoms with Gasteiger partial charge in [-0.2, -0.15) is 0 Å². The maximum Gasteiger partial charge on any atom is 0.340 e.